The summed E-state index contributed by atoms with van der Waals surface area (Å²) in [5.74, 6) is -3.48. The standard InChI is InChI=1S/C21H16F3N5O/c1-11-3-4-12(10-25)7-16(11)26-20-27-21(30)28(2)18-6-5-17(29(18)20)13-8-14(22)19(24)15(23)9-13/h3-4,6-9,17H,5H2,1-2H3,(H,26,27,30). The number of hydrogen-bond acceptors (Lipinski definition) is 4. The van der Waals surface area contributed by atoms with E-state index in [1.54, 1.807) is 29.2 Å². The summed E-state index contributed by atoms with van der Waals surface area (Å²) in [6, 6.07) is 7.83. The third kappa shape index (κ3) is 3.16. The molecule has 0 saturated carbocycles. The maximum absolute atomic E-state index is 13.8. The van der Waals surface area contributed by atoms with Crippen LogP contribution in [0.3, 0.4) is 0 Å². The number of carbonyl (C=O) groups excluding carboxylic acids is 1. The lowest BCUT2D eigenvalue weighted by molar-refractivity contribution is 0.210. The molecule has 2 aromatic rings. The number of carbonyl (C=O) groups is 1. The average molecular weight is 411 g/mol. The quantitative estimate of drug-likeness (QED) is 0.744. The summed E-state index contributed by atoms with van der Waals surface area (Å²) in [4.78, 5) is 19.4. The second kappa shape index (κ2) is 7.22. The Morgan fingerprint density at radius 3 is 2.57 bits per heavy atom. The molecule has 2 aliphatic heterocycles. The molecule has 1 unspecified atom stereocenters. The van der Waals surface area contributed by atoms with Crippen molar-refractivity contribution in [1.82, 2.24) is 9.80 Å². The number of nitriles is 1. The largest absolute Gasteiger partial charge is 0.352 e. The van der Waals surface area contributed by atoms with Gasteiger partial charge in [0.25, 0.3) is 0 Å². The van der Waals surface area contributed by atoms with E-state index in [-0.39, 0.29) is 11.5 Å². The predicted octanol–water partition coefficient (Wildman–Crippen LogP) is 4.41. The molecule has 0 radical (unpaired) electrons. The smallest absolute Gasteiger partial charge is 0.325 e. The van der Waals surface area contributed by atoms with E-state index in [1.807, 2.05) is 13.0 Å². The van der Waals surface area contributed by atoms with E-state index in [1.165, 1.54) is 11.9 Å². The van der Waals surface area contributed by atoms with Crippen LogP contribution < -0.4 is 5.32 Å². The van der Waals surface area contributed by atoms with E-state index in [9.17, 15) is 18.0 Å². The van der Waals surface area contributed by atoms with Crippen LogP contribution in [0, 0.1) is 35.7 Å². The van der Waals surface area contributed by atoms with Gasteiger partial charge < -0.3 is 5.32 Å². The first-order valence-corrected chi connectivity index (χ1v) is 9.08. The van der Waals surface area contributed by atoms with E-state index >= 15 is 0 Å². The number of nitrogens with one attached hydrogen (secondary N) is 1. The summed E-state index contributed by atoms with van der Waals surface area (Å²) in [5.41, 5.74) is 1.99. The molecule has 30 heavy (non-hydrogen) atoms. The second-order valence-electron chi connectivity index (χ2n) is 7.03. The van der Waals surface area contributed by atoms with Crippen molar-refractivity contribution in [2.24, 2.45) is 4.99 Å². The highest BCUT2D eigenvalue weighted by molar-refractivity contribution is 6.04. The van der Waals surface area contributed by atoms with Crippen LogP contribution in [-0.2, 0) is 0 Å². The van der Waals surface area contributed by atoms with Crippen molar-refractivity contribution in [3.05, 3.63) is 76.4 Å². The van der Waals surface area contributed by atoms with Crippen LogP contribution in [-0.4, -0.2) is 28.8 Å². The van der Waals surface area contributed by atoms with Gasteiger partial charge in [0, 0.05) is 12.7 Å². The number of aliphatic imine (C=N–C) groups is 1. The number of rotatable bonds is 2. The average Bonchev–Trinajstić information content (AvgIpc) is 3.17. The van der Waals surface area contributed by atoms with Crippen molar-refractivity contribution < 1.29 is 18.0 Å². The van der Waals surface area contributed by atoms with Gasteiger partial charge in [0.15, 0.2) is 17.5 Å². The highest BCUT2D eigenvalue weighted by Gasteiger charge is 2.39. The van der Waals surface area contributed by atoms with Gasteiger partial charge in [0.05, 0.1) is 17.7 Å². The van der Waals surface area contributed by atoms with Gasteiger partial charge in [-0.25, -0.2) is 18.0 Å². The Balaban J connectivity index is 1.77. The van der Waals surface area contributed by atoms with Crippen LogP contribution in [0.25, 0.3) is 0 Å². The Morgan fingerprint density at radius 2 is 1.90 bits per heavy atom. The third-order valence-electron chi connectivity index (χ3n) is 5.15. The Kier molecular flexibility index (Phi) is 4.70. The zero-order chi connectivity index (χ0) is 21.6. The number of halogens is 3. The highest BCUT2D eigenvalue weighted by Crippen LogP contribution is 2.39. The lowest BCUT2D eigenvalue weighted by atomic mass is 10.0. The first-order valence-electron chi connectivity index (χ1n) is 9.08. The van der Waals surface area contributed by atoms with E-state index in [0.717, 1.165) is 17.7 Å². The van der Waals surface area contributed by atoms with Crippen molar-refractivity contribution in [3.8, 4) is 6.07 Å². The molecule has 2 aromatic carbocycles. The molecule has 0 saturated heterocycles. The van der Waals surface area contributed by atoms with Crippen molar-refractivity contribution in [2.75, 3.05) is 12.4 Å². The number of hydrogen-bond donors (Lipinski definition) is 1. The first-order chi connectivity index (χ1) is 14.3. The molecular weight excluding hydrogens is 395 g/mol. The minimum atomic E-state index is -1.54. The zero-order valence-electron chi connectivity index (χ0n) is 16.1. The molecule has 0 spiro atoms. The molecule has 6 nitrogen and oxygen atoms in total. The fourth-order valence-electron chi connectivity index (χ4n) is 3.54. The molecule has 152 valence electrons. The Hall–Kier alpha value is -3.80. The summed E-state index contributed by atoms with van der Waals surface area (Å²) in [6.45, 7) is 1.82. The van der Waals surface area contributed by atoms with E-state index in [2.05, 4.69) is 10.3 Å². The van der Waals surface area contributed by atoms with Crippen LogP contribution in [0.4, 0.5) is 23.7 Å². The van der Waals surface area contributed by atoms with Gasteiger partial charge in [-0.2, -0.15) is 10.3 Å². The zero-order valence-corrected chi connectivity index (χ0v) is 16.1. The Morgan fingerprint density at radius 1 is 1.20 bits per heavy atom. The normalized spacial score (nSPS) is 18.0. The molecule has 2 aliphatic rings. The number of urea groups is 1. The summed E-state index contributed by atoms with van der Waals surface area (Å²) in [7, 11) is 1.54. The van der Waals surface area contributed by atoms with Crippen LogP contribution >= 0.6 is 0 Å². The second-order valence-corrected chi connectivity index (χ2v) is 7.03. The minimum absolute atomic E-state index is 0.148. The van der Waals surface area contributed by atoms with Gasteiger partial charge in [-0.05, 0) is 54.8 Å². The molecule has 0 bridgehead atoms. The first kappa shape index (κ1) is 19.5. The number of benzene rings is 2. The van der Waals surface area contributed by atoms with Crippen molar-refractivity contribution in [2.45, 2.75) is 19.4 Å². The molecule has 0 aliphatic carbocycles. The van der Waals surface area contributed by atoms with Gasteiger partial charge >= 0.3 is 6.03 Å². The van der Waals surface area contributed by atoms with Gasteiger partial charge in [-0.3, -0.25) is 9.80 Å². The van der Waals surface area contributed by atoms with Crippen LogP contribution in [0.15, 0.2) is 47.2 Å². The number of amides is 2. The van der Waals surface area contributed by atoms with Crippen LogP contribution in [0.2, 0.25) is 0 Å². The monoisotopic (exact) mass is 411 g/mol. The summed E-state index contributed by atoms with van der Waals surface area (Å²) in [6.07, 6.45) is 2.08. The van der Waals surface area contributed by atoms with Gasteiger partial charge in [0.1, 0.15) is 5.82 Å². The minimum Gasteiger partial charge on any atom is -0.325 e. The van der Waals surface area contributed by atoms with E-state index in [4.69, 9.17) is 5.26 Å². The number of aryl methyl sites for hydroxylation is 1. The lowest BCUT2D eigenvalue weighted by Gasteiger charge is -2.37. The highest BCUT2D eigenvalue weighted by atomic mass is 19.2. The maximum Gasteiger partial charge on any atom is 0.352 e. The molecule has 1 atom stereocenters. The molecule has 4 rings (SSSR count). The van der Waals surface area contributed by atoms with Gasteiger partial charge in [-0.15, -0.1) is 0 Å². The van der Waals surface area contributed by atoms with Crippen molar-refractivity contribution in [3.63, 3.8) is 0 Å². The summed E-state index contributed by atoms with van der Waals surface area (Å²) < 4.78 is 41.1. The molecule has 0 fully saturated rings. The molecule has 1 N–H and O–H groups in total. The Bertz CT molecular complexity index is 1140. The lowest BCUT2D eigenvalue weighted by Crippen LogP contribution is -2.46. The molecule has 9 heteroatoms. The molecule has 2 amide bonds. The molecule has 2 heterocycles. The number of fused-ring (bicyclic) bond motifs is 1. The van der Waals surface area contributed by atoms with E-state index in [0.29, 0.717) is 23.5 Å². The number of guanidine groups is 1. The topological polar surface area (TPSA) is 71.7 Å². The summed E-state index contributed by atoms with van der Waals surface area (Å²) in [5, 5.41) is 12.2. The third-order valence-corrected chi connectivity index (χ3v) is 5.15. The summed E-state index contributed by atoms with van der Waals surface area (Å²) >= 11 is 0. The van der Waals surface area contributed by atoms with Gasteiger partial charge in [-0.1, -0.05) is 6.07 Å². The fourth-order valence-corrected chi connectivity index (χ4v) is 3.54. The number of anilines is 1. The van der Waals surface area contributed by atoms with Gasteiger partial charge in [0.2, 0.25) is 5.96 Å². The van der Waals surface area contributed by atoms with Crippen LogP contribution in [0.5, 0.6) is 0 Å². The SMILES string of the molecule is Cc1ccc(C#N)cc1NC1=NC(=O)N(C)C2=CCC(c3cc(F)c(F)c(F)c3)N21. The molecular formula is C21H16F3N5O. The Labute approximate surface area is 170 Å². The maximum atomic E-state index is 13.8. The van der Waals surface area contributed by atoms with E-state index < -0.39 is 29.5 Å². The van der Waals surface area contributed by atoms with Crippen molar-refractivity contribution >= 4 is 17.7 Å². The van der Waals surface area contributed by atoms with Crippen LogP contribution in [0.1, 0.15) is 29.2 Å². The number of nitrogens with zero attached hydrogens (tertiary/aromatic N) is 4. The molecule has 0 aromatic heterocycles. The fraction of sp³-hybridized carbons (Fsp3) is 0.190. The predicted molar refractivity (Wildman–Crippen MR) is 104 cm³/mol. The van der Waals surface area contributed by atoms with Crippen molar-refractivity contribution in [1.29, 1.82) is 5.26 Å².